The van der Waals surface area contributed by atoms with Crippen molar-refractivity contribution in [2.45, 2.75) is 13.1 Å². The smallest absolute Gasteiger partial charge is 0.256 e. The number of aromatic nitrogens is 4. The first-order valence-electron chi connectivity index (χ1n) is 11.5. The van der Waals surface area contributed by atoms with Crippen molar-refractivity contribution in [3.8, 4) is 0 Å². The third-order valence-electron chi connectivity index (χ3n) is 5.65. The summed E-state index contributed by atoms with van der Waals surface area (Å²) in [6.07, 6.45) is 3.28. The Morgan fingerprint density at radius 1 is 0.583 bits per heavy atom. The number of carbonyl (C=O) groups is 2. The quantitative estimate of drug-likeness (QED) is 0.340. The zero-order valence-corrected chi connectivity index (χ0v) is 19.4. The molecule has 0 fully saturated rings. The predicted molar refractivity (Wildman–Crippen MR) is 138 cm³/mol. The Balaban J connectivity index is 1.26. The second-order valence-electron chi connectivity index (χ2n) is 8.21. The van der Waals surface area contributed by atoms with Crippen molar-refractivity contribution in [3.05, 3.63) is 132 Å². The van der Waals surface area contributed by atoms with Crippen molar-refractivity contribution >= 4 is 23.5 Å². The molecule has 8 nitrogen and oxygen atoms in total. The van der Waals surface area contributed by atoms with Crippen LogP contribution in [-0.4, -0.2) is 31.4 Å². The van der Waals surface area contributed by atoms with Gasteiger partial charge < -0.3 is 10.6 Å². The van der Waals surface area contributed by atoms with Gasteiger partial charge in [0.15, 0.2) is 0 Å². The van der Waals surface area contributed by atoms with Crippen LogP contribution in [-0.2, 0) is 13.1 Å². The lowest BCUT2D eigenvalue weighted by atomic mass is 10.1. The maximum atomic E-state index is 13.0. The van der Waals surface area contributed by atoms with E-state index in [-0.39, 0.29) is 11.8 Å². The molecule has 0 aliphatic heterocycles. The molecule has 0 atom stereocenters. The number of anilines is 2. The van der Waals surface area contributed by atoms with Crippen molar-refractivity contribution in [2.75, 3.05) is 10.6 Å². The van der Waals surface area contributed by atoms with Gasteiger partial charge in [0, 0.05) is 23.3 Å². The first kappa shape index (κ1) is 22.8. The summed E-state index contributed by atoms with van der Waals surface area (Å²) in [5.41, 5.74) is 2.88. The fourth-order valence-corrected chi connectivity index (χ4v) is 3.82. The molecule has 178 valence electrons. The van der Waals surface area contributed by atoms with Gasteiger partial charge in [0.2, 0.25) is 0 Å². The molecule has 2 N–H and O–H groups in total. The third kappa shape index (κ3) is 5.39. The highest BCUT2D eigenvalue weighted by Crippen LogP contribution is 2.15. The van der Waals surface area contributed by atoms with Crippen LogP contribution in [0.3, 0.4) is 0 Å². The van der Waals surface area contributed by atoms with Crippen LogP contribution in [0.25, 0.3) is 0 Å². The number of hydrogen-bond acceptors (Lipinski definition) is 4. The number of benzene rings is 3. The van der Waals surface area contributed by atoms with E-state index in [0.29, 0.717) is 35.9 Å². The molecule has 0 bridgehead atoms. The van der Waals surface area contributed by atoms with Crippen molar-refractivity contribution in [2.24, 2.45) is 0 Å². The molecule has 0 unspecified atom stereocenters. The average Bonchev–Trinajstić information content (AvgIpc) is 3.54. The number of amides is 2. The van der Waals surface area contributed by atoms with Gasteiger partial charge in [-0.3, -0.25) is 9.59 Å². The maximum absolute atomic E-state index is 13.0. The Labute approximate surface area is 208 Å². The van der Waals surface area contributed by atoms with Gasteiger partial charge in [-0.2, -0.15) is 10.2 Å². The van der Waals surface area contributed by atoms with Crippen LogP contribution in [0.2, 0.25) is 0 Å². The molecule has 2 aromatic heterocycles. The van der Waals surface area contributed by atoms with Crippen LogP contribution in [0.5, 0.6) is 0 Å². The topological polar surface area (TPSA) is 93.8 Å². The highest BCUT2D eigenvalue weighted by Gasteiger charge is 2.14. The molecule has 0 aliphatic carbocycles. The van der Waals surface area contributed by atoms with Gasteiger partial charge in [-0.1, -0.05) is 66.7 Å². The number of hydrogen-bond donors (Lipinski definition) is 2. The van der Waals surface area contributed by atoms with Crippen LogP contribution in [0.15, 0.2) is 109 Å². The van der Waals surface area contributed by atoms with E-state index in [0.717, 1.165) is 11.1 Å². The summed E-state index contributed by atoms with van der Waals surface area (Å²) in [6.45, 7) is 1.06. The molecule has 2 amide bonds. The Morgan fingerprint density at radius 2 is 1.03 bits per heavy atom. The van der Waals surface area contributed by atoms with Crippen molar-refractivity contribution in [3.63, 3.8) is 0 Å². The van der Waals surface area contributed by atoms with Crippen molar-refractivity contribution in [1.29, 1.82) is 0 Å². The summed E-state index contributed by atoms with van der Waals surface area (Å²) in [5.74, 6) is 0.495. The van der Waals surface area contributed by atoms with Gasteiger partial charge in [0.1, 0.15) is 11.6 Å². The minimum atomic E-state index is -0.325. The van der Waals surface area contributed by atoms with Gasteiger partial charge in [-0.05, 0) is 29.3 Å². The van der Waals surface area contributed by atoms with Crippen LogP contribution in [0.4, 0.5) is 11.6 Å². The second kappa shape index (κ2) is 10.5. The molecule has 0 aliphatic rings. The van der Waals surface area contributed by atoms with E-state index in [2.05, 4.69) is 20.8 Å². The summed E-state index contributed by atoms with van der Waals surface area (Å²) in [4.78, 5) is 25.9. The average molecular weight is 477 g/mol. The summed E-state index contributed by atoms with van der Waals surface area (Å²) in [7, 11) is 0. The van der Waals surface area contributed by atoms with E-state index in [1.165, 1.54) is 0 Å². The fourth-order valence-electron chi connectivity index (χ4n) is 3.82. The molecule has 5 aromatic rings. The number of nitrogens with zero attached hydrogens (tertiary/aromatic N) is 4. The minimum Gasteiger partial charge on any atom is -0.307 e. The van der Waals surface area contributed by atoms with Gasteiger partial charge >= 0.3 is 0 Å². The number of nitrogens with one attached hydrogen (secondary N) is 2. The predicted octanol–water partition coefficient (Wildman–Crippen LogP) is 4.68. The van der Waals surface area contributed by atoms with Crippen LogP contribution >= 0.6 is 0 Å². The summed E-state index contributed by atoms with van der Waals surface area (Å²) in [5, 5.41) is 14.4. The van der Waals surface area contributed by atoms with Crippen molar-refractivity contribution in [1.82, 2.24) is 19.6 Å². The molecule has 0 radical (unpaired) electrons. The molecule has 36 heavy (non-hydrogen) atoms. The number of rotatable bonds is 8. The lowest BCUT2D eigenvalue weighted by molar-refractivity contribution is 0.102. The highest BCUT2D eigenvalue weighted by molar-refractivity contribution is 6.08. The minimum absolute atomic E-state index is 0.325. The molecule has 3 aromatic carbocycles. The Kier molecular flexibility index (Phi) is 6.66. The van der Waals surface area contributed by atoms with Gasteiger partial charge in [-0.25, -0.2) is 9.36 Å². The lowest BCUT2D eigenvalue weighted by Crippen LogP contribution is -2.19. The molecule has 5 rings (SSSR count). The van der Waals surface area contributed by atoms with E-state index < -0.39 is 0 Å². The summed E-state index contributed by atoms with van der Waals surface area (Å²) in [6, 6.07) is 29.8. The van der Waals surface area contributed by atoms with Crippen LogP contribution in [0.1, 0.15) is 31.8 Å². The molecule has 2 heterocycles. The summed E-state index contributed by atoms with van der Waals surface area (Å²) < 4.78 is 3.44. The Bertz CT molecular complexity index is 1370. The summed E-state index contributed by atoms with van der Waals surface area (Å²) >= 11 is 0. The zero-order valence-electron chi connectivity index (χ0n) is 19.4. The van der Waals surface area contributed by atoms with E-state index in [1.54, 1.807) is 58.2 Å². The molecule has 0 saturated heterocycles. The van der Waals surface area contributed by atoms with Gasteiger partial charge in [0.05, 0.1) is 25.5 Å². The third-order valence-corrected chi connectivity index (χ3v) is 5.65. The first-order chi connectivity index (χ1) is 17.7. The van der Waals surface area contributed by atoms with Crippen LogP contribution < -0.4 is 10.6 Å². The molecular formula is C28H24N6O2. The zero-order chi connectivity index (χ0) is 24.7. The SMILES string of the molecule is O=C(Nc1ccnn1Cc1ccccc1)c1cccc(C(=O)Nc2ccnn2Cc2ccccc2)c1. The monoisotopic (exact) mass is 476 g/mol. The normalized spacial score (nSPS) is 10.7. The maximum Gasteiger partial charge on any atom is 0.256 e. The highest BCUT2D eigenvalue weighted by atomic mass is 16.2. The Morgan fingerprint density at radius 3 is 1.47 bits per heavy atom. The van der Waals surface area contributed by atoms with Gasteiger partial charge in [0.25, 0.3) is 11.8 Å². The molecule has 8 heteroatoms. The van der Waals surface area contributed by atoms with E-state index >= 15 is 0 Å². The Hall–Kier alpha value is -4.98. The second-order valence-corrected chi connectivity index (χ2v) is 8.21. The standard InChI is InChI=1S/C28H24N6O2/c35-27(31-25-14-16-29-33(25)19-21-8-3-1-4-9-21)23-12-7-13-24(18-23)28(36)32-26-15-17-30-34(26)20-22-10-5-2-6-11-22/h1-18H,19-20H2,(H,31,35)(H,32,36). The molecule has 0 spiro atoms. The molecular weight excluding hydrogens is 452 g/mol. The first-order valence-corrected chi connectivity index (χ1v) is 11.5. The van der Waals surface area contributed by atoms with Crippen molar-refractivity contribution < 1.29 is 9.59 Å². The largest absolute Gasteiger partial charge is 0.307 e. The van der Waals surface area contributed by atoms with E-state index in [1.807, 2.05) is 60.7 Å². The lowest BCUT2D eigenvalue weighted by Gasteiger charge is -2.11. The fraction of sp³-hybridized carbons (Fsp3) is 0.0714. The molecule has 0 saturated carbocycles. The van der Waals surface area contributed by atoms with E-state index in [9.17, 15) is 9.59 Å². The number of carbonyl (C=O) groups excluding carboxylic acids is 2. The van der Waals surface area contributed by atoms with Crippen LogP contribution in [0, 0.1) is 0 Å². The van der Waals surface area contributed by atoms with E-state index in [4.69, 9.17) is 0 Å². The van der Waals surface area contributed by atoms with Gasteiger partial charge in [-0.15, -0.1) is 0 Å².